The van der Waals surface area contributed by atoms with Crippen LogP contribution in [0.25, 0.3) is 16.7 Å². The molecule has 3 atom stereocenters. The zero-order valence-electron chi connectivity index (χ0n) is 17.2. The number of hydrogen-bond acceptors (Lipinski definition) is 6. The molecule has 0 radical (unpaired) electrons. The number of rotatable bonds is 3. The average molecular weight is 444 g/mol. The molecule has 1 aromatic carbocycles. The van der Waals surface area contributed by atoms with Gasteiger partial charge in [0.05, 0.1) is 30.1 Å². The Kier molecular flexibility index (Phi) is 5.05. The van der Waals surface area contributed by atoms with Crippen LogP contribution >= 0.6 is 11.8 Å². The maximum absolute atomic E-state index is 13.3. The predicted molar refractivity (Wildman–Crippen MR) is 114 cm³/mol. The fraction of sp³-hybridized carbons (Fsp3) is 0.429. The van der Waals surface area contributed by atoms with E-state index >= 15 is 0 Å². The Bertz CT molecular complexity index is 1200. The van der Waals surface area contributed by atoms with Crippen LogP contribution in [-0.2, 0) is 9.53 Å². The highest BCUT2D eigenvalue weighted by Crippen LogP contribution is 2.34. The van der Waals surface area contributed by atoms with Crippen LogP contribution in [0.1, 0.15) is 26.3 Å². The summed E-state index contributed by atoms with van der Waals surface area (Å²) in [6.07, 6.45) is 1.73. The molecule has 8 nitrogen and oxygen atoms in total. The largest absolute Gasteiger partial charge is 0.372 e. The number of hydrogen-bond donors (Lipinski definition) is 0. The van der Waals surface area contributed by atoms with Crippen LogP contribution in [-0.4, -0.2) is 61.2 Å². The van der Waals surface area contributed by atoms with E-state index in [1.165, 1.54) is 34.8 Å². The normalized spacial score (nSPS) is 23.3. The quantitative estimate of drug-likeness (QED) is 0.578. The minimum Gasteiger partial charge on any atom is -0.372 e. The summed E-state index contributed by atoms with van der Waals surface area (Å²) >= 11 is 1.46. The van der Waals surface area contributed by atoms with E-state index in [0.29, 0.717) is 40.7 Å². The Morgan fingerprint density at radius 3 is 2.65 bits per heavy atom. The van der Waals surface area contributed by atoms with Crippen LogP contribution in [0.5, 0.6) is 0 Å². The second kappa shape index (κ2) is 7.76. The molecule has 162 valence electrons. The first-order valence-corrected chi connectivity index (χ1v) is 11.2. The van der Waals surface area contributed by atoms with Gasteiger partial charge in [-0.3, -0.25) is 14.2 Å². The van der Waals surface area contributed by atoms with E-state index in [1.54, 1.807) is 16.7 Å². The van der Waals surface area contributed by atoms with Crippen LogP contribution in [0, 0.1) is 5.82 Å². The molecule has 2 aliphatic rings. The van der Waals surface area contributed by atoms with Crippen LogP contribution in [0.15, 0.2) is 40.4 Å². The summed E-state index contributed by atoms with van der Waals surface area (Å²) in [6.45, 7) is 5.04. The number of ether oxygens (including phenoxy) is 1. The van der Waals surface area contributed by atoms with Gasteiger partial charge < -0.3 is 9.64 Å². The fourth-order valence-electron chi connectivity index (χ4n) is 4.26. The molecule has 2 aliphatic heterocycles. The average Bonchev–Trinajstić information content (AvgIpc) is 3.33. The third-order valence-corrected chi connectivity index (χ3v) is 6.72. The van der Waals surface area contributed by atoms with Gasteiger partial charge in [0, 0.05) is 25.3 Å². The number of fused-ring (bicyclic) bond motifs is 2. The standard InChI is InChI=1S/C21H22FN5O3S/c1-12-9-25(10-13(2)30-12)18(28)7-16-11-31-21-24-19-17(20(29)26(16)21)8-23-27(19)15-5-3-14(22)4-6-15/h3-6,8,12-13,16H,7,9-11H2,1-2H3/t12-,13-,16+/m0/s1. The molecule has 5 rings (SSSR count). The van der Waals surface area contributed by atoms with Crippen molar-refractivity contribution in [2.24, 2.45) is 0 Å². The van der Waals surface area contributed by atoms with Gasteiger partial charge in [0.1, 0.15) is 11.2 Å². The highest BCUT2D eigenvalue weighted by Gasteiger charge is 2.33. The van der Waals surface area contributed by atoms with Gasteiger partial charge in [-0.15, -0.1) is 0 Å². The van der Waals surface area contributed by atoms with Crippen molar-refractivity contribution >= 4 is 28.7 Å². The molecular weight excluding hydrogens is 421 g/mol. The zero-order chi connectivity index (χ0) is 21.7. The Morgan fingerprint density at radius 1 is 1.23 bits per heavy atom. The summed E-state index contributed by atoms with van der Waals surface area (Å²) in [4.78, 5) is 32.6. The third-order valence-electron chi connectivity index (χ3n) is 5.62. The van der Waals surface area contributed by atoms with Crippen molar-refractivity contribution < 1.29 is 13.9 Å². The molecule has 10 heteroatoms. The van der Waals surface area contributed by atoms with Crippen molar-refractivity contribution in [3.05, 3.63) is 46.6 Å². The van der Waals surface area contributed by atoms with E-state index in [1.807, 2.05) is 18.7 Å². The number of thioether (sulfide) groups is 1. The van der Waals surface area contributed by atoms with Gasteiger partial charge >= 0.3 is 0 Å². The minimum atomic E-state index is -0.346. The van der Waals surface area contributed by atoms with Crippen LogP contribution in [0.3, 0.4) is 0 Å². The van der Waals surface area contributed by atoms with E-state index in [0.717, 1.165) is 0 Å². The summed E-state index contributed by atoms with van der Waals surface area (Å²) in [5.41, 5.74) is 0.844. The van der Waals surface area contributed by atoms with E-state index in [9.17, 15) is 14.0 Å². The molecule has 4 heterocycles. The van der Waals surface area contributed by atoms with Gasteiger partial charge in [0.25, 0.3) is 5.56 Å². The van der Waals surface area contributed by atoms with E-state index < -0.39 is 0 Å². The molecule has 0 aliphatic carbocycles. The molecule has 1 fully saturated rings. The molecule has 1 saturated heterocycles. The first-order valence-electron chi connectivity index (χ1n) is 10.2. The number of morpholine rings is 1. The van der Waals surface area contributed by atoms with Crippen molar-refractivity contribution in [3.63, 3.8) is 0 Å². The summed E-state index contributed by atoms with van der Waals surface area (Å²) < 4.78 is 22.1. The molecule has 0 spiro atoms. The lowest BCUT2D eigenvalue weighted by molar-refractivity contribution is -0.143. The van der Waals surface area contributed by atoms with E-state index in [2.05, 4.69) is 10.1 Å². The summed E-state index contributed by atoms with van der Waals surface area (Å²) in [7, 11) is 0. The topological polar surface area (TPSA) is 82.3 Å². The summed E-state index contributed by atoms with van der Waals surface area (Å²) in [5.74, 6) is 0.288. The third kappa shape index (κ3) is 3.63. The fourth-order valence-corrected chi connectivity index (χ4v) is 5.39. The van der Waals surface area contributed by atoms with Gasteiger partial charge in [0.15, 0.2) is 10.8 Å². The first kappa shape index (κ1) is 20.2. The molecule has 0 unspecified atom stereocenters. The Labute approximate surface area is 182 Å². The van der Waals surface area contributed by atoms with Crippen LogP contribution in [0.2, 0.25) is 0 Å². The molecule has 0 N–H and O–H groups in total. The number of amides is 1. The van der Waals surface area contributed by atoms with Gasteiger partial charge in [-0.25, -0.2) is 14.1 Å². The number of carbonyl (C=O) groups is 1. The van der Waals surface area contributed by atoms with Gasteiger partial charge in [-0.2, -0.15) is 5.10 Å². The highest BCUT2D eigenvalue weighted by molar-refractivity contribution is 7.99. The van der Waals surface area contributed by atoms with E-state index in [4.69, 9.17) is 4.74 Å². The number of benzene rings is 1. The number of aromatic nitrogens is 4. The van der Waals surface area contributed by atoms with Crippen molar-refractivity contribution in [1.29, 1.82) is 0 Å². The predicted octanol–water partition coefficient (Wildman–Crippen LogP) is 2.39. The van der Waals surface area contributed by atoms with Crippen molar-refractivity contribution in [2.75, 3.05) is 18.8 Å². The van der Waals surface area contributed by atoms with Gasteiger partial charge in [-0.05, 0) is 38.1 Å². The smallest absolute Gasteiger partial charge is 0.265 e. The number of nitrogens with zero attached hydrogens (tertiary/aromatic N) is 5. The summed E-state index contributed by atoms with van der Waals surface area (Å²) in [5, 5.41) is 5.24. The Balaban J connectivity index is 1.45. The lowest BCUT2D eigenvalue weighted by Gasteiger charge is -2.35. The maximum Gasteiger partial charge on any atom is 0.265 e. The van der Waals surface area contributed by atoms with Crippen molar-refractivity contribution in [2.45, 2.75) is 43.7 Å². The maximum atomic E-state index is 13.3. The summed E-state index contributed by atoms with van der Waals surface area (Å²) in [6, 6.07) is 5.61. The lowest BCUT2D eigenvalue weighted by Crippen LogP contribution is -2.48. The SMILES string of the molecule is C[C@H]1CN(C(=O)C[C@@H]2CSc3nc4c(cnn4-c4ccc(F)cc4)c(=O)n32)C[C@H](C)O1. The van der Waals surface area contributed by atoms with E-state index in [-0.39, 0.29) is 42.0 Å². The molecule has 0 bridgehead atoms. The highest BCUT2D eigenvalue weighted by atomic mass is 32.2. The number of carbonyl (C=O) groups excluding carboxylic acids is 1. The van der Waals surface area contributed by atoms with Gasteiger partial charge in [-0.1, -0.05) is 11.8 Å². The Morgan fingerprint density at radius 2 is 1.94 bits per heavy atom. The van der Waals surface area contributed by atoms with Crippen molar-refractivity contribution in [1.82, 2.24) is 24.2 Å². The molecular formula is C21H22FN5O3S. The number of halogens is 1. The molecule has 0 saturated carbocycles. The van der Waals surface area contributed by atoms with Crippen molar-refractivity contribution in [3.8, 4) is 5.69 Å². The monoisotopic (exact) mass is 443 g/mol. The second-order valence-corrected chi connectivity index (χ2v) is 9.05. The molecule has 3 aromatic rings. The molecule has 31 heavy (non-hydrogen) atoms. The van der Waals surface area contributed by atoms with Gasteiger partial charge in [0.2, 0.25) is 5.91 Å². The molecule has 1 amide bonds. The minimum absolute atomic E-state index is 0.000691. The second-order valence-electron chi connectivity index (χ2n) is 8.06. The first-order chi connectivity index (χ1) is 14.9. The molecule has 2 aromatic heterocycles. The van der Waals surface area contributed by atoms with Crippen LogP contribution < -0.4 is 5.56 Å². The lowest BCUT2D eigenvalue weighted by atomic mass is 10.1. The zero-order valence-corrected chi connectivity index (χ0v) is 18.0. The Hall–Kier alpha value is -2.72. The van der Waals surface area contributed by atoms with Crippen LogP contribution in [0.4, 0.5) is 4.39 Å².